The first-order valence-corrected chi connectivity index (χ1v) is 7.20. The van der Waals surface area contributed by atoms with Crippen LogP contribution in [0.3, 0.4) is 0 Å². The van der Waals surface area contributed by atoms with Gasteiger partial charge in [0.05, 0.1) is 28.9 Å². The summed E-state index contributed by atoms with van der Waals surface area (Å²) in [7, 11) is 0. The van der Waals surface area contributed by atoms with Crippen molar-refractivity contribution in [2.45, 2.75) is 0 Å². The molecule has 0 saturated carbocycles. The predicted molar refractivity (Wildman–Crippen MR) is 79.6 cm³/mol. The number of nitrogens with zero attached hydrogens (tertiary/aromatic N) is 1. The number of aliphatic hydroxyl groups excluding tert-OH is 1. The number of nitrogens with one attached hydrogen (secondary N) is 1. The van der Waals surface area contributed by atoms with Crippen LogP contribution in [0.5, 0.6) is 0 Å². The first kappa shape index (κ1) is 16.2. The lowest BCUT2D eigenvalue weighted by molar-refractivity contribution is -0.137. The maximum atomic E-state index is 14.1. The van der Waals surface area contributed by atoms with Gasteiger partial charge >= 0.3 is 0 Å². The van der Waals surface area contributed by atoms with E-state index in [4.69, 9.17) is 28.3 Å². The zero-order valence-corrected chi connectivity index (χ0v) is 13.4. The van der Waals surface area contributed by atoms with E-state index in [1.165, 1.54) is 6.07 Å². The molecule has 0 unspecified atom stereocenters. The van der Waals surface area contributed by atoms with Crippen molar-refractivity contribution in [2.75, 3.05) is 18.5 Å². The van der Waals surface area contributed by atoms with Gasteiger partial charge in [0.15, 0.2) is 5.82 Å². The molecule has 2 amide bonds. The minimum Gasteiger partial charge on any atom is -0.395 e. The number of imide groups is 1. The maximum absolute atomic E-state index is 14.1. The zero-order valence-electron chi connectivity index (χ0n) is 10.3. The van der Waals surface area contributed by atoms with E-state index in [-0.39, 0.29) is 39.1 Å². The molecule has 1 aliphatic heterocycles. The van der Waals surface area contributed by atoms with Gasteiger partial charge in [0.2, 0.25) is 0 Å². The molecule has 21 heavy (non-hydrogen) atoms. The highest BCUT2D eigenvalue weighted by Crippen LogP contribution is 2.37. The fourth-order valence-corrected chi connectivity index (χ4v) is 2.70. The second-order valence-electron chi connectivity index (χ2n) is 4.04. The molecule has 1 aromatic rings. The van der Waals surface area contributed by atoms with Gasteiger partial charge in [0.25, 0.3) is 11.8 Å². The molecule has 0 saturated heterocycles. The van der Waals surface area contributed by atoms with Gasteiger partial charge in [-0.05, 0) is 22.0 Å². The van der Waals surface area contributed by atoms with E-state index in [1.807, 2.05) is 0 Å². The van der Waals surface area contributed by atoms with Crippen LogP contribution in [0.4, 0.5) is 10.1 Å². The lowest BCUT2D eigenvalue weighted by atomic mass is 10.3. The molecule has 0 aliphatic carbocycles. The fraction of sp³-hybridized carbons (Fsp3) is 0.167. The van der Waals surface area contributed by atoms with Crippen LogP contribution < -0.4 is 5.32 Å². The van der Waals surface area contributed by atoms with Gasteiger partial charge in [-0.25, -0.2) is 4.39 Å². The van der Waals surface area contributed by atoms with E-state index in [0.29, 0.717) is 0 Å². The first-order chi connectivity index (χ1) is 9.86. The second kappa shape index (κ2) is 6.31. The van der Waals surface area contributed by atoms with Crippen molar-refractivity contribution in [2.24, 2.45) is 0 Å². The molecule has 2 N–H and O–H groups in total. The summed E-state index contributed by atoms with van der Waals surface area (Å²) in [6.45, 7) is -0.492. The Hall–Kier alpha value is -1.15. The van der Waals surface area contributed by atoms with E-state index < -0.39 is 17.6 Å². The highest BCUT2D eigenvalue weighted by atomic mass is 79.9. The lowest BCUT2D eigenvalue weighted by Crippen LogP contribution is -2.34. The fourth-order valence-electron chi connectivity index (χ4n) is 1.73. The number of amides is 2. The molecule has 0 radical (unpaired) electrons. The first-order valence-electron chi connectivity index (χ1n) is 5.65. The molecule has 2 rings (SSSR count). The summed E-state index contributed by atoms with van der Waals surface area (Å²) >= 11 is 14.5. The molecule has 0 spiro atoms. The van der Waals surface area contributed by atoms with Gasteiger partial charge in [-0.2, -0.15) is 0 Å². The van der Waals surface area contributed by atoms with Crippen LogP contribution in [-0.2, 0) is 9.59 Å². The van der Waals surface area contributed by atoms with E-state index in [2.05, 4.69) is 21.2 Å². The number of anilines is 1. The number of aliphatic hydroxyl groups is 1. The Labute approximate surface area is 137 Å². The third kappa shape index (κ3) is 3.06. The Bertz CT molecular complexity index is 666. The second-order valence-corrected chi connectivity index (χ2v) is 5.68. The molecular weight excluding hydrogens is 390 g/mol. The third-order valence-corrected chi connectivity index (χ3v) is 4.10. The summed E-state index contributed by atoms with van der Waals surface area (Å²) in [6, 6.07) is 1.36. The Morgan fingerprint density at radius 3 is 2.67 bits per heavy atom. The van der Waals surface area contributed by atoms with Crippen molar-refractivity contribution in [3.8, 4) is 0 Å². The summed E-state index contributed by atoms with van der Waals surface area (Å²) in [5.41, 5.74) is -0.228. The maximum Gasteiger partial charge on any atom is 0.277 e. The minimum absolute atomic E-state index is 0.0105. The van der Waals surface area contributed by atoms with Crippen LogP contribution in [0, 0.1) is 5.82 Å². The average molecular weight is 398 g/mol. The number of hydrogen-bond acceptors (Lipinski definition) is 4. The molecule has 0 fully saturated rings. The molecule has 0 atom stereocenters. The average Bonchev–Trinajstić information content (AvgIpc) is 2.69. The number of carbonyl (C=O) groups excluding carboxylic acids is 2. The minimum atomic E-state index is -0.849. The standard InChI is InChI=1S/C12H8BrCl2FN2O3/c13-5-3-6(14)9(15)10(16)11(5)17-7-4-8(20)18(1-2-19)12(7)21/h3-4,17,19H,1-2H2. The molecule has 5 nitrogen and oxygen atoms in total. The van der Waals surface area contributed by atoms with Gasteiger partial charge < -0.3 is 10.4 Å². The Morgan fingerprint density at radius 2 is 2.05 bits per heavy atom. The monoisotopic (exact) mass is 396 g/mol. The van der Waals surface area contributed by atoms with Crippen LogP contribution in [0.2, 0.25) is 10.0 Å². The summed E-state index contributed by atoms with van der Waals surface area (Å²) in [5.74, 6) is -2.10. The number of benzene rings is 1. The lowest BCUT2D eigenvalue weighted by Gasteiger charge is -2.15. The van der Waals surface area contributed by atoms with Gasteiger partial charge in [-0.3, -0.25) is 14.5 Å². The number of halogens is 4. The van der Waals surface area contributed by atoms with E-state index >= 15 is 0 Å². The Kier molecular flexibility index (Phi) is 4.88. The Morgan fingerprint density at radius 1 is 1.38 bits per heavy atom. The quantitative estimate of drug-likeness (QED) is 0.465. The number of β-amino-alcohol motifs (C(OH)–C–C–N with tert-alkyl or cyclic N) is 1. The van der Waals surface area contributed by atoms with Crippen LogP contribution >= 0.6 is 39.1 Å². The SMILES string of the molecule is O=C1C=C(Nc2c(Br)cc(Cl)c(Cl)c2F)C(=O)N1CCO. The summed E-state index contributed by atoms with van der Waals surface area (Å²) < 4.78 is 14.3. The van der Waals surface area contributed by atoms with Crippen LogP contribution in [0.15, 0.2) is 22.3 Å². The van der Waals surface area contributed by atoms with Crippen molar-refractivity contribution >= 4 is 56.6 Å². The molecule has 1 aliphatic rings. The van der Waals surface area contributed by atoms with Crippen LogP contribution in [0.1, 0.15) is 0 Å². The summed E-state index contributed by atoms with van der Waals surface area (Å²) in [4.78, 5) is 24.4. The van der Waals surface area contributed by atoms with Crippen molar-refractivity contribution in [1.29, 1.82) is 0 Å². The number of hydrogen-bond donors (Lipinski definition) is 2. The van der Waals surface area contributed by atoms with Crippen molar-refractivity contribution in [3.63, 3.8) is 0 Å². The van der Waals surface area contributed by atoms with E-state index in [9.17, 15) is 14.0 Å². The smallest absolute Gasteiger partial charge is 0.277 e. The summed E-state index contributed by atoms with van der Waals surface area (Å²) in [5, 5.41) is 11.0. The third-order valence-electron chi connectivity index (χ3n) is 2.71. The van der Waals surface area contributed by atoms with Crippen molar-refractivity contribution in [3.05, 3.63) is 38.2 Å². The van der Waals surface area contributed by atoms with Gasteiger partial charge in [0.1, 0.15) is 5.70 Å². The molecular formula is C12H8BrCl2FN2O3. The van der Waals surface area contributed by atoms with Crippen LogP contribution in [0.25, 0.3) is 0 Å². The number of carbonyl (C=O) groups is 2. The molecule has 112 valence electrons. The Balaban J connectivity index is 2.32. The predicted octanol–water partition coefficient (Wildman–Crippen LogP) is 2.55. The van der Waals surface area contributed by atoms with E-state index in [1.54, 1.807) is 0 Å². The highest BCUT2D eigenvalue weighted by Gasteiger charge is 2.31. The summed E-state index contributed by atoms with van der Waals surface area (Å²) in [6.07, 6.45) is 1.02. The van der Waals surface area contributed by atoms with Crippen LogP contribution in [-0.4, -0.2) is 35.0 Å². The van der Waals surface area contributed by atoms with E-state index in [0.717, 1.165) is 11.0 Å². The zero-order chi connectivity index (χ0) is 15.7. The molecule has 0 aromatic heterocycles. The molecule has 1 aromatic carbocycles. The molecule has 1 heterocycles. The highest BCUT2D eigenvalue weighted by molar-refractivity contribution is 9.10. The number of rotatable bonds is 4. The van der Waals surface area contributed by atoms with Gasteiger partial charge in [0, 0.05) is 10.5 Å². The van der Waals surface area contributed by atoms with Gasteiger partial charge in [-0.15, -0.1) is 0 Å². The van der Waals surface area contributed by atoms with Gasteiger partial charge in [-0.1, -0.05) is 23.2 Å². The normalized spacial score (nSPS) is 14.7. The molecule has 9 heteroatoms. The van der Waals surface area contributed by atoms with Crippen molar-refractivity contribution < 1.29 is 19.1 Å². The molecule has 0 bridgehead atoms. The van der Waals surface area contributed by atoms with Crippen molar-refractivity contribution in [1.82, 2.24) is 4.90 Å². The largest absolute Gasteiger partial charge is 0.395 e. The topological polar surface area (TPSA) is 69.6 Å².